The number of halogens is 1. The van der Waals surface area contributed by atoms with Gasteiger partial charge in [0.2, 0.25) is 5.91 Å². The highest BCUT2D eigenvalue weighted by atomic mass is 35.5. The Labute approximate surface area is 131 Å². The van der Waals surface area contributed by atoms with E-state index in [2.05, 4.69) is 0 Å². The summed E-state index contributed by atoms with van der Waals surface area (Å²) in [6.07, 6.45) is 3.19. The highest BCUT2D eigenvalue weighted by molar-refractivity contribution is 7.92. The highest BCUT2D eigenvalue weighted by Crippen LogP contribution is 2.21. The average molecular weight is 330 g/mol. The van der Waals surface area contributed by atoms with Crippen LogP contribution in [0.4, 0.5) is 0 Å². The predicted octanol–water partition coefficient (Wildman–Crippen LogP) is 2.85. The van der Waals surface area contributed by atoms with Gasteiger partial charge >= 0.3 is 0 Å². The SMILES string of the molecule is C/C=C/CS(=O)(=O)CC(=O)N(C)[C@@H](C)c1ccc(Cl)cc1. The number of nitrogens with zero attached hydrogens (tertiary/aromatic N) is 1. The molecule has 6 heteroatoms. The van der Waals surface area contributed by atoms with Gasteiger partial charge in [0.05, 0.1) is 11.8 Å². The van der Waals surface area contributed by atoms with Gasteiger partial charge in [0.25, 0.3) is 0 Å². The lowest BCUT2D eigenvalue weighted by Crippen LogP contribution is -2.35. The summed E-state index contributed by atoms with van der Waals surface area (Å²) in [7, 11) is -1.81. The van der Waals surface area contributed by atoms with Crippen LogP contribution in [0.1, 0.15) is 25.5 Å². The number of hydrogen-bond donors (Lipinski definition) is 0. The Bertz CT molecular complexity index is 608. The number of hydrogen-bond acceptors (Lipinski definition) is 3. The summed E-state index contributed by atoms with van der Waals surface area (Å²) in [4.78, 5) is 13.5. The van der Waals surface area contributed by atoms with Crippen molar-refractivity contribution in [1.82, 2.24) is 4.90 Å². The fraction of sp³-hybridized carbons (Fsp3) is 0.400. The van der Waals surface area contributed by atoms with Gasteiger partial charge in [-0.3, -0.25) is 4.79 Å². The Kier molecular flexibility index (Phi) is 6.42. The lowest BCUT2D eigenvalue weighted by atomic mass is 10.1. The number of carbonyl (C=O) groups is 1. The Morgan fingerprint density at radius 3 is 2.43 bits per heavy atom. The van der Waals surface area contributed by atoms with E-state index in [1.54, 1.807) is 32.2 Å². The molecule has 0 aliphatic rings. The third-order valence-electron chi connectivity index (χ3n) is 3.26. The lowest BCUT2D eigenvalue weighted by molar-refractivity contribution is -0.129. The van der Waals surface area contributed by atoms with E-state index in [0.29, 0.717) is 5.02 Å². The van der Waals surface area contributed by atoms with E-state index in [-0.39, 0.29) is 11.8 Å². The zero-order chi connectivity index (χ0) is 16.0. The summed E-state index contributed by atoms with van der Waals surface area (Å²) in [5, 5.41) is 0.619. The molecule has 1 aromatic rings. The Morgan fingerprint density at radius 2 is 1.90 bits per heavy atom. The maximum absolute atomic E-state index is 12.1. The number of amides is 1. The third kappa shape index (κ3) is 5.52. The number of rotatable bonds is 6. The van der Waals surface area contributed by atoms with E-state index >= 15 is 0 Å². The maximum atomic E-state index is 12.1. The molecule has 0 aliphatic heterocycles. The molecular weight excluding hydrogens is 310 g/mol. The zero-order valence-electron chi connectivity index (χ0n) is 12.4. The molecule has 21 heavy (non-hydrogen) atoms. The van der Waals surface area contributed by atoms with Crippen molar-refractivity contribution in [3.8, 4) is 0 Å². The molecule has 0 saturated heterocycles. The van der Waals surface area contributed by atoms with Gasteiger partial charge in [-0.15, -0.1) is 0 Å². The Morgan fingerprint density at radius 1 is 1.33 bits per heavy atom. The number of sulfone groups is 1. The first kappa shape index (κ1) is 17.7. The first-order valence-corrected chi connectivity index (χ1v) is 8.79. The van der Waals surface area contributed by atoms with Crippen molar-refractivity contribution in [3.05, 3.63) is 47.0 Å². The molecule has 0 bridgehead atoms. The van der Waals surface area contributed by atoms with Gasteiger partial charge in [-0.2, -0.15) is 0 Å². The van der Waals surface area contributed by atoms with Gasteiger partial charge in [0, 0.05) is 12.1 Å². The van der Waals surface area contributed by atoms with Crippen LogP contribution in [0.15, 0.2) is 36.4 Å². The standard InChI is InChI=1S/C15H20ClNO3S/c1-4-5-10-21(19,20)11-15(18)17(3)12(2)13-6-8-14(16)9-7-13/h4-9,12H,10-11H2,1-3H3/b5-4+/t12-/m0/s1. The van der Waals surface area contributed by atoms with Gasteiger partial charge in [-0.1, -0.05) is 35.9 Å². The maximum Gasteiger partial charge on any atom is 0.238 e. The van der Waals surface area contributed by atoms with Crippen LogP contribution in [0.2, 0.25) is 5.02 Å². The number of carbonyl (C=O) groups excluding carboxylic acids is 1. The molecule has 0 aromatic heterocycles. The van der Waals surface area contributed by atoms with Crippen LogP contribution in [-0.2, 0) is 14.6 Å². The fourth-order valence-corrected chi connectivity index (χ4v) is 3.08. The molecule has 4 nitrogen and oxygen atoms in total. The first-order chi connectivity index (χ1) is 9.76. The molecule has 0 N–H and O–H groups in total. The van der Waals surface area contributed by atoms with Crippen LogP contribution >= 0.6 is 11.6 Å². The minimum absolute atomic E-state index is 0.113. The van der Waals surface area contributed by atoms with E-state index < -0.39 is 21.5 Å². The molecule has 0 aliphatic carbocycles. The van der Waals surface area contributed by atoms with Crippen LogP contribution in [0.25, 0.3) is 0 Å². The molecule has 1 amide bonds. The lowest BCUT2D eigenvalue weighted by Gasteiger charge is -2.25. The summed E-state index contributed by atoms with van der Waals surface area (Å²) >= 11 is 5.83. The Hall–Kier alpha value is -1.33. The molecule has 0 saturated carbocycles. The van der Waals surface area contributed by atoms with Crippen molar-refractivity contribution >= 4 is 27.3 Å². The van der Waals surface area contributed by atoms with Gasteiger partial charge in [-0.25, -0.2) is 8.42 Å². The smallest absolute Gasteiger partial charge is 0.238 e. The number of allylic oxidation sites excluding steroid dienone is 1. The fourth-order valence-electron chi connectivity index (χ4n) is 1.77. The van der Waals surface area contributed by atoms with E-state index in [0.717, 1.165) is 5.56 Å². The second-order valence-corrected chi connectivity index (χ2v) is 7.40. The first-order valence-electron chi connectivity index (χ1n) is 6.59. The van der Waals surface area contributed by atoms with Crippen LogP contribution in [0.3, 0.4) is 0 Å². The molecular formula is C15H20ClNO3S. The molecule has 1 atom stereocenters. The topological polar surface area (TPSA) is 54.5 Å². The van der Waals surface area contributed by atoms with Crippen LogP contribution in [0, 0.1) is 0 Å². The number of benzene rings is 1. The van der Waals surface area contributed by atoms with Crippen molar-refractivity contribution in [2.45, 2.75) is 19.9 Å². The summed E-state index contributed by atoms with van der Waals surface area (Å²) in [5.74, 6) is -1.01. The highest BCUT2D eigenvalue weighted by Gasteiger charge is 2.22. The summed E-state index contributed by atoms with van der Waals surface area (Å²) in [6, 6.07) is 6.92. The van der Waals surface area contributed by atoms with Crippen molar-refractivity contribution in [1.29, 1.82) is 0 Å². The molecule has 0 spiro atoms. The summed E-state index contributed by atoms with van der Waals surface area (Å²) < 4.78 is 23.6. The van der Waals surface area contributed by atoms with Gasteiger partial charge in [-0.05, 0) is 31.5 Å². The molecule has 1 rings (SSSR count). The average Bonchev–Trinajstić information content (AvgIpc) is 2.44. The molecule has 1 aromatic carbocycles. The zero-order valence-corrected chi connectivity index (χ0v) is 14.0. The van der Waals surface area contributed by atoms with Gasteiger partial charge in [0.15, 0.2) is 9.84 Å². The van der Waals surface area contributed by atoms with E-state index in [1.807, 2.05) is 19.1 Å². The quantitative estimate of drug-likeness (QED) is 0.754. The normalized spacial score (nSPS) is 13.3. The largest absolute Gasteiger partial charge is 0.338 e. The summed E-state index contributed by atoms with van der Waals surface area (Å²) in [6.45, 7) is 3.59. The minimum atomic E-state index is -3.41. The van der Waals surface area contributed by atoms with Crippen molar-refractivity contribution < 1.29 is 13.2 Å². The van der Waals surface area contributed by atoms with Crippen LogP contribution < -0.4 is 0 Å². The van der Waals surface area contributed by atoms with E-state index in [1.165, 1.54) is 11.0 Å². The molecule has 0 fully saturated rings. The molecule has 116 valence electrons. The van der Waals surface area contributed by atoms with E-state index in [9.17, 15) is 13.2 Å². The summed E-state index contributed by atoms with van der Waals surface area (Å²) in [5.41, 5.74) is 0.904. The van der Waals surface area contributed by atoms with Gasteiger partial charge in [0.1, 0.15) is 5.75 Å². The van der Waals surface area contributed by atoms with Crippen LogP contribution in [-0.4, -0.2) is 37.8 Å². The molecule has 0 heterocycles. The predicted molar refractivity (Wildman–Crippen MR) is 86.1 cm³/mol. The van der Waals surface area contributed by atoms with Crippen molar-refractivity contribution in [2.75, 3.05) is 18.6 Å². The van der Waals surface area contributed by atoms with E-state index in [4.69, 9.17) is 11.6 Å². The molecule has 0 radical (unpaired) electrons. The van der Waals surface area contributed by atoms with Crippen molar-refractivity contribution in [2.24, 2.45) is 0 Å². The Balaban J connectivity index is 2.76. The minimum Gasteiger partial charge on any atom is -0.338 e. The molecule has 0 unspecified atom stereocenters. The van der Waals surface area contributed by atoms with Crippen LogP contribution in [0.5, 0.6) is 0 Å². The van der Waals surface area contributed by atoms with Gasteiger partial charge < -0.3 is 4.90 Å². The van der Waals surface area contributed by atoms with Crippen molar-refractivity contribution in [3.63, 3.8) is 0 Å². The second kappa shape index (κ2) is 7.61. The third-order valence-corrected chi connectivity index (χ3v) is 4.90. The second-order valence-electron chi connectivity index (χ2n) is 4.86. The monoisotopic (exact) mass is 329 g/mol.